The molecule has 29 heavy (non-hydrogen) atoms. The highest BCUT2D eigenvalue weighted by Gasteiger charge is 2.26. The molecule has 0 amide bonds. The minimum absolute atomic E-state index is 0.00494. The summed E-state index contributed by atoms with van der Waals surface area (Å²) in [5.41, 5.74) is 0.826. The molecule has 2 unspecified atom stereocenters. The van der Waals surface area contributed by atoms with Crippen molar-refractivity contribution >= 4 is 11.5 Å². The van der Waals surface area contributed by atoms with Gasteiger partial charge in [-0.2, -0.15) is 0 Å². The molecule has 0 radical (unpaired) electrons. The fourth-order valence-electron chi connectivity index (χ4n) is 3.37. The standard InChI is InChI=1S/C20H22F3N5O/c1-11(2)29-12-4-6-28-17(10-25-18(28)7-12)19-14(22)8-15(23)20(27-19)26-16-9-24-5-3-13(16)21/h4,6-8,10-11,13,16,24H,3,5,9H2,1-2H3,(H,26,27). The molecular weight excluding hydrogens is 383 g/mol. The van der Waals surface area contributed by atoms with Crippen molar-refractivity contribution in [3.05, 3.63) is 42.2 Å². The maximum Gasteiger partial charge on any atom is 0.168 e. The molecule has 6 nitrogen and oxygen atoms in total. The lowest BCUT2D eigenvalue weighted by atomic mass is 10.1. The van der Waals surface area contributed by atoms with E-state index in [4.69, 9.17) is 4.74 Å². The van der Waals surface area contributed by atoms with E-state index in [1.165, 1.54) is 6.20 Å². The second kappa shape index (κ2) is 7.90. The molecule has 3 aromatic heterocycles. The number of alkyl halides is 1. The Hall–Kier alpha value is -2.81. The average molecular weight is 405 g/mol. The first kappa shape index (κ1) is 19.5. The Balaban J connectivity index is 1.69. The number of pyridine rings is 2. The number of halogens is 3. The highest BCUT2D eigenvalue weighted by molar-refractivity contribution is 5.63. The van der Waals surface area contributed by atoms with Gasteiger partial charge in [0.1, 0.15) is 23.3 Å². The first-order chi connectivity index (χ1) is 13.9. The highest BCUT2D eigenvalue weighted by atomic mass is 19.1. The van der Waals surface area contributed by atoms with Crippen molar-refractivity contribution in [1.82, 2.24) is 19.7 Å². The van der Waals surface area contributed by atoms with Gasteiger partial charge < -0.3 is 15.4 Å². The van der Waals surface area contributed by atoms with Crippen molar-refractivity contribution in [2.75, 3.05) is 18.4 Å². The predicted octanol–water partition coefficient (Wildman–Crippen LogP) is 3.57. The van der Waals surface area contributed by atoms with Gasteiger partial charge >= 0.3 is 0 Å². The summed E-state index contributed by atoms with van der Waals surface area (Å²) in [5.74, 6) is -1.24. The molecule has 3 aromatic rings. The van der Waals surface area contributed by atoms with Crippen LogP contribution in [0.2, 0.25) is 0 Å². The third-order valence-electron chi connectivity index (χ3n) is 4.75. The van der Waals surface area contributed by atoms with Gasteiger partial charge in [0, 0.05) is 24.9 Å². The van der Waals surface area contributed by atoms with Gasteiger partial charge in [-0.3, -0.25) is 4.40 Å². The number of piperidine rings is 1. The number of hydrogen-bond acceptors (Lipinski definition) is 5. The Bertz CT molecular complexity index is 1020. The molecule has 1 aliphatic heterocycles. The molecule has 1 saturated heterocycles. The number of fused-ring (bicyclic) bond motifs is 1. The van der Waals surface area contributed by atoms with Gasteiger partial charge in [-0.25, -0.2) is 23.1 Å². The average Bonchev–Trinajstić information content (AvgIpc) is 3.08. The van der Waals surface area contributed by atoms with Crippen LogP contribution in [-0.2, 0) is 0 Å². The van der Waals surface area contributed by atoms with Crippen LogP contribution in [0.4, 0.5) is 19.0 Å². The van der Waals surface area contributed by atoms with E-state index in [0.29, 0.717) is 36.6 Å². The summed E-state index contributed by atoms with van der Waals surface area (Å²) < 4.78 is 50.2. The molecule has 0 aromatic carbocycles. The summed E-state index contributed by atoms with van der Waals surface area (Å²) in [4.78, 5) is 8.39. The Morgan fingerprint density at radius 2 is 2.10 bits per heavy atom. The van der Waals surface area contributed by atoms with Crippen LogP contribution >= 0.6 is 0 Å². The van der Waals surface area contributed by atoms with Crippen molar-refractivity contribution in [3.63, 3.8) is 0 Å². The van der Waals surface area contributed by atoms with Gasteiger partial charge in [0.15, 0.2) is 17.5 Å². The van der Waals surface area contributed by atoms with E-state index in [1.54, 1.807) is 22.7 Å². The van der Waals surface area contributed by atoms with Crippen molar-refractivity contribution in [1.29, 1.82) is 0 Å². The summed E-state index contributed by atoms with van der Waals surface area (Å²) in [7, 11) is 0. The van der Waals surface area contributed by atoms with Gasteiger partial charge in [0.05, 0.1) is 24.0 Å². The van der Waals surface area contributed by atoms with Crippen LogP contribution in [0.15, 0.2) is 30.6 Å². The molecule has 2 N–H and O–H groups in total. The van der Waals surface area contributed by atoms with Gasteiger partial charge in [-0.05, 0) is 32.9 Å². The van der Waals surface area contributed by atoms with Crippen LogP contribution in [0.25, 0.3) is 17.0 Å². The summed E-state index contributed by atoms with van der Waals surface area (Å²) >= 11 is 0. The third-order valence-corrected chi connectivity index (χ3v) is 4.75. The third kappa shape index (κ3) is 4.00. The van der Waals surface area contributed by atoms with E-state index in [9.17, 15) is 13.2 Å². The first-order valence-corrected chi connectivity index (χ1v) is 9.54. The molecule has 4 rings (SSSR count). The number of anilines is 1. The summed E-state index contributed by atoms with van der Waals surface area (Å²) in [6.07, 6.45) is 2.34. The Morgan fingerprint density at radius 1 is 1.28 bits per heavy atom. The number of rotatable bonds is 5. The molecular formula is C20H22F3N5O. The van der Waals surface area contributed by atoms with Crippen LogP contribution in [0.3, 0.4) is 0 Å². The van der Waals surface area contributed by atoms with Gasteiger partial charge in [0.2, 0.25) is 0 Å². The molecule has 0 bridgehead atoms. The summed E-state index contributed by atoms with van der Waals surface area (Å²) in [6, 6.07) is 3.58. The van der Waals surface area contributed by atoms with E-state index in [-0.39, 0.29) is 17.6 Å². The minimum atomic E-state index is -1.14. The second-order valence-corrected chi connectivity index (χ2v) is 7.31. The molecule has 0 aliphatic carbocycles. The summed E-state index contributed by atoms with van der Waals surface area (Å²) in [5, 5.41) is 5.82. The second-order valence-electron chi connectivity index (χ2n) is 7.31. The van der Waals surface area contributed by atoms with Crippen molar-refractivity contribution in [2.24, 2.45) is 0 Å². The predicted molar refractivity (Wildman–Crippen MR) is 104 cm³/mol. The highest BCUT2D eigenvalue weighted by Crippen LogP contribution is 2.28. The lowest BCUT2D eigenvalue weighted by Gasteiger charge is -2.28. The van der Waals surface area contributed by atoms with E-state index >= 15 is 0 Å². The molecule has 4 heterocycles. The number of imidazole rings is 1. The Morgan fingerprint density at radius 3 is 2.86 bits per heavy atom. The maximum absolute atomic E-state index is 14.5. The van der Waals surface area contributed by atoms with Crippen molar-refractivity contribution < 1.29 is 17.9 Å². The van der Waals surface area contributed by atoms with Crippen LogP contribution in [-0.4, -0.2) is 45.8 Å². The van der Waals surface area contributed by atoms with E-state index in [2.05, 4.69) is 20.6 Å². The van der Waals surface area contributed by atoms with Gasteiger partial charge in [-0.15, -0.1) is 0 Å². The van der Waals surface area contributed by atoms with E-state index in [1.807, 2.05) is 13.8 Å². The normalized spacial score (nSPS) is 19.7. The summed E-state index contributed by atoms with van der Waals surface area (Å²) in [6.45, 7) is 4.73. The van der Waals surface area contributed by atoms with Gasteiger partial charge in [-0.1, -0.05) is 0 Å². The maximum atomic E-state index is 14.5. The lowest BCUT2D eigenvalue weighted by Crippen LogP contribution is -2.46. The molecule has 154 valence electrons. The number of aromatic nitrogens is 3. The van der Waals surface area contributed by atoms with Crippen LogP contribution in [0.5, 0.6) is 5.75 Å². The Labute approximate surface area is 166 Å². The SMILES string of the molecule is CC(C)Oc1ccn2c(-c3nc(NC4CNCCC4F)c(F)cc3F)cnc2c1. The van der Waals surface area contributed by atoms with E-state index in [0.717, 1.165) is 6.07 Å². The fraction of sp³-hybridized carbons (Fsp3) is 0.400. The zero-order valence-corrected chi connectivity index (χ0v) is 16.1. The molecule has 0 spiro atoms. The van der Waals surface area contributed by atoms with Gasteiger partial charge in [0.25, 0.3) is 0 Å². The van der Waals surface area contributed by atoms with E-state index < -0.39 is 23.8 Å². The zero-order valence-electron chi connectivity index (χ0n) is 16.1. The van der Waals surface area contributed by atoms with Crippen LogP contribution in [0, 0.1) is 11.6 Å². The largest absolute Gasteiger partial charge is 0.491 e. The number of nitrogens with zero attached hydrogens (tertiary/aromatic N) is 3. The Kier molecular flexibility index (Phi) is 5.31. The molecule has 2 atom stereocenters. The van der Waals surface area contributed by atoms with Crippen molar-refractivity contribution in [2.45, 2.75) is 38.6 Å². The number of nitrogens with one attached hydrogen (secondary N) is 2. The number of ether oxygens (including phenoxy) is 1. The zero-order chi connectivity index (χ0) is 20.5. The monoisotopic (exact) mass is 405 g/mol. The fourth-order valence-corrected chi connectivity index (χ4v) is 3.37. The molecule has 9 heteroatoms. The van der Waals surface area contributed by atoms with Crippen LogP contribution < -0.4 is 15.4 Å². The smallest absolute Gasteiger partial charge is 0.168 e. The molecule has 1 aliphatic rings. The van der Waals surface area contributed by atoms with Crippen molar-refractivity contribution in [3.8, 4) is 17.1 Å². The molecule has 1 fully saturated rings. The first-order valence-electron chi connectivity index (χ1n) is 9.54. The minimum Gasteiger partial charge on any atom is -0.491 e. The topological polar surface area (TPSA) is 63.5 Å². The quantitative estimate of drug-likeness (QED) is 0.680. The lowest BCUT2D eigenvalue weighted by molar-refractivity contribution is 0.240. The van der Waals surface area contributed by atoms with Crippen LogP contribution in [0.1, 0.15) is 20.3 Å². The number of hydrogen-bond donors (Lipinski definition) is 2. The molecule has 0 saturated carbocycles.